The summed E-state index contributed by atoms with van der Waals surface area (Å²) in [5, 5.41) is 9.42. The second-order valence-electron chi connectivity index (χ2n) is 4.32. The van der Waals surface area contributed by atoms with Gasteiger partial charge in [0.15, 0.2) is 0 Å². The lowest BCUT2D eigenvalue weighted by atomic mass is 10.0. The Morgan fingerprint density at radius 3 is 2.40 bits per heavy atom. The second kappa shape index (κ2) is 8.72. The fourth-order valence-electron chi connectivity index (χ4n) is 1.39. The molecule has 0 heterocycles. The molecule has 0 aromatic carbocycles. The van der Waals surface area contributed by atoms with Gasteiger partial charge in [0.1, 0.15) is 0 Å². The van der Waals surface area contributed by atoms with Gasteiger partial charge in [-0.2, -0.15) is 0 Å². The molecule has 88 valence electrons. The van der Waals surface area contributed by atoms with Crippen molar-refractivity contribution in [3.8, 4) is 0 Å². The monoisotopic (exact) mass is 210 g/mol. The van der Waals surface area contributed by atoms with Gasteiger partial charge in [0, 0.05) is 0 Å². The predicted molar refractivity (Wildman–Crippen MR) is 68.0 cm³/mol. The van der Waals surface area contributed by atoms with E-state index < -0.39 is 0 Å². The lowest BCUT2D eigenvalue weighted by molar-refractivity contribution is 0.160. The van der Waals surface area contributed by atoms with Crippen molar-refractivity contribution in [2.24, 2.45) is 0 Å². The van der Waals surface area contributed by atoms with Crippen molar-refractivity contribution in [2.45, 2.75) is 65.9 Å². The van der Waals surface area contributed by atoms with Crippen LogP contribution in [-0.4, -0.2) is 11.2 Å². The van der Waals surface area contributed by atoms with Crippen LogP contribution in [0, 0.1) is 0 Å². The van der Waals surface area contributed by atoms with Crippen LogP contribution in [-0.2, 0) is 0 Å². The van der Waals surface area contributed by atoms with Crippen LogP contribution in [0.25, 0.3) is 0 Å². The van der Waals surface area contributed by atoms with Crippen molar-refractivity contribution in [2.75, 3.05) is 0 Å². The fourth-order valence-corrected chi connectivity index (χ4v) is 1.39. The molecule has 0 aromatic heterocycles. The van der Waals surface area contributed by atoms with E-state index in [1.54, 1.807) is 0 Å². The highest BCUT2D eigenvalue weighted by atomic mass is 16.3. The number of hydrogen-bond acceptors (Lipinski definition) is 1. The van der Waals surface area contributed by atoms with E-state index in [0.29, 0.717) is 0 Å². The predicted octanol–water partition coefficient (Wildman–Crippen LogP) is 4.23. The molecule has 1 N–H and O–H groups in total. The first-order valence-corrected chi connectivity index (χ1v) is 6.05. The summed E-state index contributed by atoms with van der Waals surface area (Å²) in [5.74, 6) is 0. The van der Waals surface area contributed by atoms with Gasteiger partial charge in [-0.1, -0.05) is 30.2 Å². The van der Waals surface area contributed by atoms with Gasteiger partial charge in [-0.15, -0.1) is 0 Å². The highest BCUT2D eigenvalue weighted by Gasteiger charge is 2.00. The minimum atomic E-state index is -0.120. The molecule has 15 heavy (non-hydrogen) atoms. The molecule has 0 aromatic rings. The molecule has 1 heteroatoms. The quantitative estimate of drug-likeness (QED) is 0.623. The third kappa shape index (κ3) is 8.44. The largest absolute Gasteiger partial charge is 0.393 e. The van der Waals surface area contributed by atoms with Crippen LogP contribution < -0.4 is 0 Å². The normalized spacial score (nSPS) is 15.5. The number of rotatable bonds is 7. The second-order valence-corrected chi connectivity index (χ2v) is 4.32. The van der Waals surface area contributed by atoms with Crippen LogP contribution in [0.4, 0.5) is 0 Å². The molecule has 0 spiro atoms. The van der Waals surface area contributed by atoms with Crippen LogP contribution in [0.2, 0.25) is 0 Å². The third-order valence-corrected chi connectivity index (χ3v) is 2.87. The Hall–Kier alpha value is -0.560. The van der Waals surface area contributed by atoms with E-state index in [1.165, 1.54) is 11.1 Å². The van der Waals surface area contributed by atoms with Crippen LogP contribution >= 0.6 is 0 Å². The van der Waals surface area contributed by atoms with E-state index in [4.69, 9.17) is 0 Å². The Morgan fingerprint density at radius 1 is 1.20 bits per heavy atom. The van der Waals surface area contributed by atoms with Crippen LogP contribution in [0.1, 0.15) is 59.8 Å². The number of aliphatic hydroxyl groups is 1. The maximum Gasteiger partial charge on any atom is 0.0540 e. The Kier molecular flexibility index (Phi) is 8.40. The van der Waals surface area contributed by atoms with Gasteiger partial charge in [0.2, 0.25) is 0 Å². The lowest BCUT2D eigenvalue weighted by Gasteiger charge is -2.07. The minimum Gasteiger partial charge on any atom is -0.393 e. The average molecular weight is 210 g/mol. The molecule has 0 saturated heterocycles. The number of aliphatic hydroxyl groups excluding tert-OH is 1. The lowest BCUT2D eigenvalue weighted by Crippen LogP contribution is -2.03. The van der Waals surface area contributed by atoms with Crippen molar-refractivity contribution in [1.82, 2.24) is 0 Å². The van der Waals surface area contributed by atoms with Crippen LogP contribution in [0.5, 0.6) is 0 Å². The smallest absolute Gasteiger partial charge is 0.0540 e. The highest BCUT2D eigenvalue weighted by molar-refractivity contribution is 5.02. The molecule has 0 aliphatic heterocycles. The van der Waals surface area contributed by atoms with Gasteiger partial charge in [-0.05, 0) is 52.9 Å². The summed E-state index contributed by atoms with van der Waals surface area (Å²) < 4.78 is 0. The summed E-state index contributed by atoms with van der Waals surface area (Å²) in [7, 11) is 0. The van der Waals surface area contributed by atoms with Crippen molar-refractivity contribution < 1.29 is 5.11 Å². The summed E-state index contributed by atoms with van der Waals surface area (Å²) in [6.45, 7) is 8.44. The minimum absolute atomic E-state index is 0.120. The first kappa shape index (κ1) is 14.4. The molecule has 0 fully saturated rings. The van der Waals surface area contributed by atoms with Crippen molar-refractivity contribution in [3.63, 3.8) is 0 Å². The van der Waals surface area contributed by atoms with Gasteiger partial charge in [-0.3, -0.25) is 0 Å². The molecule has 0 unspecified atom stereocenters. The fraction of sp³-hybridized carbons (Fsp3) is 0.714. The Balaban J connectivity index is 3.70. The van der Waals surface area contributed by atoms with Gasteiger partial charge < -0.3 is 5.11 Å². The van der Waals surface area contributed by atoms with E-state index >= 15 is 0 Å². The number of hydrogen-bond donors (Lipinski definition) is 1. The molecule has 0 bridgehead atoms. The first-order valence-electron chi connectivity index (χ1n) is 6.05. The zero-order valence-electron chi connectivity index (χ0n) is 10.7. The Bertz CT molecular complexity index is 213. The topological polar surface area (TPSA) is 20.2 Å². The Labute approximate surface area is 94.9 Å². The van der Waals surface area contributed by atoms with Gasteiger partial charge in [0.25, 0.3) is 0 Å². The van der Waals surface area contributed by atoms with Crippen LogP contribution in [0.15, 0.2) is 23.3 Å². The summed E-state index contributed by atoms with van der Waals surface area (Å²) in [5.41, 5.74) is 2.86. The summed E-state index contributed by atoms with van der Waals surface area (Å²) in [6.07, 6.45) is 9.44. The highest BCUT2D eigenvalue weighted by Crippen LogP contribution is 2.12. The molecule has 0 radical (unpaired) electrons. The molecule has 1 atom stereocenters. The molecule has 1 nitrogen and oxygen atoms in total. The third-order valence-electron chi connectivity index (χ3n) is 2.87. The molecule has 0 rings (SSSR count). The van der Waals surface area contributed by atoms with Gasteiger partial charge in [-0.25, -0.2) is 0 Å². The SMILES string of the molecule is CC=C(C)CCC=C(C)CC[C@H](O)CC. The van der Waals surface area contributed by atoms with Crippen molar-refractivity contribution in [3.05, 3.63) is 23.3 Å². The van der Waals surface area contributed by atoms with Gasteiger partial charge >= 0.3 is 0 Å². The van der Waals surface area contributed by atoms with Crippen LogP contribution in [0.3, 0.4) is 0 Å². The maximum absolute atomic E-state index is 9.42. The Morgan fingerprint density at radius 2 is 1.87 bits per heavy atom. The summed E-state index contributed by atoms with van der Waals surface area (Å²) in [4.78, 5) is 0. The average Bonchev–Trinajstić information content (AvgIpc) is 2.25. The molecule has 0 amide bonds. The molecule has 0 saturated carbocycles. The molecule has 0 aliphatic rings. The number of allylic oxidation sites excluding steroid dienone is 4. The molecule has 0 aliphatic carbocycles. The first-order chi connectivity index (χ1) is 7.10. The van der Waals surface area contributed by atoms with Crippen molar-refractivity contribution >= 4 is 0 Å². The zero-order chi connectivity index (χ0) is 11.7. The van der Waals surface area contributed by atoms with E-state index in [2.05, 4.69) is 32.9 Å². The molecular formula is C14H26O. The molecular weight excluding hydrogens is 184 g/mol. The van der Waals surface area contributed by atoms with Gasteiger partial charge in [0.05, 0.1) is 6.10 Å². The zero-order valence-corrected chi connectivity index (χ0v) is 10.7. The van der Waals surface area contributed by atoms with E-state index in [9.17, 15) is 5.11 Å². The standard InChI is InChI=1S/C14H26O/c1-5-12(3)8-7-9-13(4)10-11-14(15)6-2/h5,9,14-15H,6-8,10-11H2,1-4H3/t14-/m1/s1. The van der Waals surface area contributed by atoms with E-state index in [-0.39, 0.29) is 6.10 Å². The van der Waals surface area contributed by atoms with E-state index in [1.807, 2.05) is 6.92 Å². The summed E-state index contributed by atoms with van der Waals surface area (Å²) >= 11 is 0. The summed E-state index contributed by atoms with van der Waals surface area (Å²) in [6, 6.07) is 0. The van der Waals surface area contributed by atoms with E-state index in [0.717, 1.165) is 32.1 Å². The maximum atomic E-state index is 9.42. The van der Waals surface area contributed by atoms with Crippen molar-refractivity contribution in [1.29, 1.82) is 0 Å².